The molecule has 0 aliphatic heterocycles. The van der Waals surface area contributed by atoms with Gasteiger partial charge in [-0.2, -0.15) is 5.26 Å². The number of hydrogen-bond donors (Lipinski definition) is 1. The van der Waals surface area contributed by atoms with E-state index in [1.165, 1.54) is 0 Å². The van der Waals surface area contributed by atoms with Crippen LogP contribution in [0.5, 0.6) is 0 Å². The van der Waals surface area contributed by atoms with Crippen LogP contribution >= 0.6 is 0 Å². The summed E-state index contributed by atoms with van der Waals surface area (Å²) >= 11 is 0. The van der Waals surface area contributed by atoms with Crippen LogP contribution in [0, 0.1) is 16.9 Å². The van der Waals surface area contributed by atoms with Gasteiger partial charge < -0.3 is 10.6 Å². The molecule has 0 radical (unpaired) electrons. The number of pyridine rings is 1. The summed E-state index contributed by atoms with van der Waals surface area (Å²) in [6.45, 7) is 8.38. The molecule has 0 aliphatic carbocycles. The predicted molar refractivity (Wildman–Crippen MR) is 72.9 cm³/mol. The second-order valence-corrected chi connectivity index (χ2v) is 5.19. The molecule has 1 aromatic rings. The van der Waals surface area contributed by atoms with Gasteiger partial charge in [-0.3, -0.25) is 4.98 Å². The van der Waals surface area contributed by atoms with Crippen LogP contribution in [-0.4, -0.2) is 17.0 Å². The molecule has 1 heterocycles. The highest BCUT2D eigenvalue weighted by molar-refractivity contribution is 5.95. The van der Waals surface area contributed by atoms with Gasteiger partial charge in [0.15, 0.2) is 0 Å². The Kier molecular flexibility index (Phi) is 4.27. The fourth-order valence-corrected chi connectivity index (χ4v) is 1.54. The summed E-state index contributed by atoms with van der Waals surface area (Å²) in [4.78, 5) is 9.54. The molecule has 0 saturated carbocycles. The Morgan fingerprint density at radius 2 is 2.22 bits per heavy atom. The summed E-state index contributed by atoms with van der Waals surface area (Å²) in [5.41, 5.74) is 6.71. The molecule has 1 unspecified atom stereocenters. The third kappa shape index (κ3) is 3.20. The van der Waals surface area contributed by atoms with Crippen molar-refractivity contribution in [3.8, 4) is 6.19 Å². The standard InChI is InChI=1S/C13H19N5/c1-10(13(2,3)4)18(12(15)17-9-14)11-6-5-7-16-8-11/h5-8,10H,1-4H3,(H2,15,17). The molecule has 0 aliphatic rings. The van der Waals surface area contributed by atoms with E-state index >= 15 is 0 Å². The monoisotopic (exact) mass is 245 g/mol. The van der Waals surface area contributed by atoms with Gasteiger partial charge in [0.1, 0.15) is 0 Å². The van der Waals surface area contributed by atoms with Crippen molar-refractivity contribution in [2.24, 2.45) is 16.1 Å². The summed E-state index contributed by atoms with van der Waals surface area (Å²) < 4.78 is 0. The van der Waals surface area contributed by atoms with E-state index in [1.54, 1.807) is 18.6 Å². The quantitative estimate of drug-likeness (QED) is 0.492. The summed E-state index contributed by atoms with van der Waals surface area (Å²) in [5.74, 6) is 0.188. The minimum atomic E-state index is -0.00849. The molecule has 1 atom stereocenters. The Labute approximate surface area is 108 Å². The number of anilines is 1. The average Bonchev–Trinajstić information content (AvgIpc) is 2.29. The topological polar surface area (TPSA) is 78.3 Å². The lowest BCUT2D eigenvalue weighted by molar-refractivity contribution is 0.339. The van der Waals surface area contributed by atoms with E-state index in [-0.39, 0.29) is 17.4 Å². The molecule has 5 nitrogen and oxygen atoms in total. The number of aliphatic imine (C=N–C) groups is 1. The van der Waals surface area contributed by atoms with Gasteiger partial charge in [0.25, 0.3) is 0 Å². The van der Waals surface area contributed by atoms with Crippen LogP contribution < -0.4 is 10.6 Å². The van der Waals surface area contributed by atoms with Crippen LogP contribution in [0.2, 0.25) is 0 Å². The van der Waals surface area contributed by atoms with Crippen LogP contribution in [-0.2, 0) is 0 Å². The molecule has 0 bridgehead atoms. The normalized spacial score (nSPS) is 13.8. The smallest absolute Gasteiger partial charge is 0.212 e. The minimum absolute atomic E-state index is 0.00849. The molecular formula is C13H19N5. The van der Waals surface area contributed by atoms with Crippen LogP contribution in [0.4, 0.5) is 5.69 Å². The van der Waals surface area contributed by atoms with E-state index < -0.39 is 0 Å². The Hall–Kier alpha value is -2.09. The first-order chi connectivity index (χ1) is 8.38. The molecule has 0 aromatic carbocycles. The largest absolute Gasteiger partial charge is 0.369 e. The van der Waals surface area contributed by atoms with E-state index in [0.717, 1.165) is 5.69 Å². The van der Waals surface area contributed by atoms with Crippen molar-refractivity contribution in [2.45, 2.75) is 33.7 Å². The number of aromatic nitrogens is 1. The van der Waals surface area contributed by atoms with Gasteiger partial charge >= 0.3 is 0 Å². The van der Waals surface area contributed by atoms with Crippen LogP contribution in [0.25, 0.3) is 0 Å². The van der Waals surface area contributed by atoms with Crippen molar-refractivity contribution in [3.05, 3.63) is 24.5 Å². The van der Waals surface area contributed by atoms with Crippen molar-refractivity contribution in [2.75, 3.05) is 4.90 Å². The third-order valence-electron chi connectivity index (χ3n) is 2.98. The van der Waals surface area contributed by atoms with Crippen LogP contribution in [0.1, 0.15) is 27.7 Å². The number of nitriles is 1. The summed E-state index contributed by atoms with van der Waals surface area (Å²) in [6, 6.07) is 3.81. The molecule has 96 valence electrons. The van der Waals surface area contributed by atoms with Crippen molar-refractivity contribution < 1.29 is 0 Å². The summed E-state index contributed by atoms with van der Waals surface area (Å²) in [6.07, 6.45) is 5.13. The zero-order valence-corrected chi connectivity index (χ0v) is 11.3. The average molecular weight is 245 g/mol. The number of nitrogens with zero attached hydrogens (tertiary/aromatic N) is 4. The SMILES string of the molecule is CC(N(C(N)=NC#N)c1cccnc1)C(C)(C)C. The Bertz CT molecular complexity index is 453. The summed E-state index contributed by atoms with van der Waals surface area (Å²) in [7, 11) is 0. The van der Waals surface area contributed by atoms with Crippen molar-refractivity contribution in [1.82, 2.24) is 4.98 Å². The molecule has 1 rings (SSSR count). The fourth-order valence-electron chi connectivity index (χ4n) is 1.54. The molecule has 1 aromatic heterocycles. The fraction of sp³-hybridized carbons (Fsp3) is 0.462. The van der Waals surface area contributed by atoms with Crippen LogP contribution in [0.15, 0.2) is 29.5 Å². The van der Waals surface area contributed by atoms with E-state index in [1.807, 2.05) is 24.0 Å². The Morgan fingerprint density at radius 1 is 1.56 bits per heavy atom. The number of nitrogens with two attached hydrogens (primary N) is 1. The maximum atomic E-state index is 8.66. The van der Waals surface area contributed by atoms with Gasteiger partial charge in [-0.05, 0) is 24.5 Å². The highest BCUT2D eigenvalue weighted by Gasteiger charge is 2.29. The maximum absolute atomic E-state index is 8.66. The van der Waals surface area contributed by atoms with Crippen molar-refractivity contribution >= 4 is 11.6 Å². The van der Waals surface area contributed by atoms with Crippen molar-refractivity contribution in [1.29, 1.82) is 5.26 Å². The van der Waals surface area contributed by atoms with Gasteiger partial charge in [0.05, 0.1) is 11.9 Å². The first kappa shape index (κ1) is 14.0. The zero-order chi connectivity index (χ0) is 13.8. The highest BCUT2D eigenvalue weighted by Crippen LogP contribution is 2.27. The molecule has 2 N–H and O–H groups in total. The van der Waals surface area contributed by atoms with E-state index in [4.69, 9.17) is 11.0 Å². The lowest BCUT2D eigenvalue weighted by atomic mass is 9.87. The Morgan fingerprint density at radius 3 is 2.67 bits per heavy atom. The van der Waals surface area contributed by atoms with Gasteiger partial charge in [-0.15, -0.1) is 4.99 Å². The predicted octanol–water partition coefficient (Wildman–Crippen LogP) is 2.12. The first-order valence-electron chi connectivity index (χ1n) is 5.79. The second kappa shape index (κ2) is 5.50. The molecule has 0 amide bonds. The number of hydrogen-bond acceptors (Lipinski definition) is 3. The number of rotatable bonds is 2. The maximum Gasteiger partial charge on any atom is 0.212 e. The van der Waals surface area contributed by atoms with Gasteiger partial charge in [0, 0.05) is 12.2 Å². The lowest BCUT2D eigenvalue weighted by Gasteiger charge is -2.38. The lowest BCUT2D eigenvalue weighted by Crippen LogP contribution is -2.49. The zero-order valence-electron chi connectivity index (χ0n) is 11.3. The highest BCUT2D eigenvalue weighted by atomic mass is 15.3. The molecule has 0 fully saturated rings. The first-order valence-corrected chi connectivity index (χ1v) is 5.79. The van der Waals surface area contributed by atoms with E-state index in [0.29, 0.717) is 0 Å². The molecule has 0 saturated heterocycles. The molecule has 5 heteroatoms. The van der Waals surface area contributed by atoms with E-state index in [2.05, 4.69) is 30.7 Å². The third-order valence-corrected chi connectivity index (χ3v) is 2.98. The van der Waals surface area contributed by atoms with Gasteiger partial charge in [0.2, 0.25) is 12.2 Å². The molecular weight excluding hydrogens is 226 g/mol. The minimum Gasteiger partial charge on any atom is -0.369 e. The Balaban J connectivity index is 3.21. The van der Waals surface area contributed by atoms with Gasteiger partial charge in [-0.1, -0.05) is 20.8 Å². The van der Waals surface area contributed by atoms with Crippen molar-refractivity contribution in [3.63, 3.8) is 0 Å². The molecule has 18 heavy (non-hydrogen) atoms. The molecule has 0 spiro atoms. The number of guanidine groups is 1. The van der Waals surface area contributed by atoms with Crippen LogP contribution in [0.3, 0.4) is 0 Å². The summed E-state index contributed by atoms with van der Waals surface area (Å²) in [5, 5.41) is 8.66. The second-order valence-electron chi connectivity index (χ2n) is 5.19. The van der Waals surface area contributed by atoms with Gasteiger partial charge in [-0.25, -0.2) is 0 Å². The van der Waals surface area contributed by atoms with E-state index in [9.17, 15) is 0 Å².